The second-order valence-electron chi connectivity index (χ2n) is 3.33. The first-order valence-corrected chi connectivity index (χ1v) is 4.49. The van der Waals surface area contributed by atoms with Crippen molar-refractivity contribution in [1.82, 2.24) is 0 Å². The lowest BCUT2D eigenvalue weighted by atomic mass is 10.2. The molecule has 0 unspecified atom stereocenters. The highest BCUT2D eigenvalue weighted by Gasteiger charge is 2.22. The lowest BCUT2D eigenvalue weighted by molar-refractivity contribution is 0.102. The molecule has 0 aliphatic carbocycles. The SMILES string of the molecule is Fc1cc(F)c(COC[C@@H]2CO2)cc1F. The van der Waals surface area contributed by atoms with Crippen molar-refractivity contribution in [3.05, 3.63) is 35.1 Å². The summed E-state index contributed by atoms with van der Waals surface area (Å²) in [6.07, 6.45) is 0.0679. The summed E-state index contributed by atoms with van der Waals surface area (Å²) in [6, 6.07) is 1.32. The maximum Gasteiger partial charge on any atom is 0.161 e. The molecule has 1 aliphatic rings. The van der Waals surface area contributed by atoms with Crippen LogP contribution in [0.1, 0.15) is 5.56 Å². The van der Waals surface area contributed by atoms with Gasteiger partial charge in [-0.1, -0.05) is 0 Å². The molecular formula is C10H9F3O2. The van der Waals surface area contributed by atoms with Crippen LogP contribution in [0.4, 0.5) is 13.2 Å². The maximum atomic E-state index is 13.1. The molecule has 1 heterocycles. The first kappa shape index (κ1) is 10.4. The summed E-state index contributed by atoms with van der Waals surface area (Å²) in [5.74, 6) is -3.06. The summed E-state index contributed by atoms with van der Waals surface area (Å²) >= 11 is 0. The fourth-order valence-corrected chi connectivity index (χ4v) is 1.14. The van der Waals surface area contributed by atoms with Gasteiger partial charge < -0.3 is 9.47 Å². The van der Waals surface area contributed by atoms with Gasteiger partial charge in [0.2, 0.25) is 0 Å². The quantitative estimate of drug-likeness (QED) is 0.569. The first-order valence-electron chi connectivity index (χ1n) is 4.49. The molecule has 1 saturated heterocycles. The Bertz CT molecular complexity index is 364. The van der Waals surface area contributed by atoms with Crippen LogP contribution in [0.5, 0.6) is 0 Å². The second-order valence-corrected chi connectivity index (χ2v) is 3.33. The minimum absolute atomic E-state index is 0.00884. The van der Waals surface area contributed by atoms with E-state index in [0.29, 0.717) is 19.3 Å². The molecule has 0 bridgehead atoms. The van der Waals surface area contributed by atoms with E-state index in [1.807, 2.05) is 0 Å². The fourth-order valence-electron chi connectivity index (χ4n) is 1.14. The Balaban J connectivity index is 1.96. The highest BCUT2D eigenvalue weighted by molar-refractivity contribution is 5.19. The monoisotopic (exact) mass is 218 g/mol. The van der Waals surface area contributed by atoms with Gasteiger partial charge in [0, 0.05) is 11.6 Å². The highest BCUT2D eigenvalue weighted by Crippen LogP contribution is 2.16. The molecule has 1 aliphatic heterocycles. The van der Waals surface area contributed by atoms with Crippen LogP contribution in [0.15, 0.2) is 12.1 Å². The molecule has 1 aromatic carbocycles. The van der Waals surface area contributed by atoms with Gasteiger partial charge in [-0.15, -0.1) is 0 Å². The zero-order valence-electron chi connectivity index (χ0n) is 7.80. The van der Waals surface area contributed by atoms with E-state index < -0.39 is 17.5 Å². The summed E-state index contributed by atoms with van der Waals surface area (Å²) in [4.78, 5) is 0. The van der Waals surface area contributed by atoms with Crippen LogP contribution in [-0.4, -0.2) is 19.3 Å². The summed E-state index contributed by atoms with van der Waals surface area (Å²) in [5, 5.41) is 0. The molecule has 0 amide bonds. The van der Waals surface area contributed by atoms with E-state index in [4.69, 9.17) is 9.47 Å². The van der Waals surface area contributed by atoms with Gasteiger partial charge in [-0.05, 0) is 6.07 Å². The molecule has 0 aromatic heterocycles. The average Bonchev–Trinajstić information content (AvgIpc) is 2.97. The normalized spacial score (nSPS) is 19.3. The molecule has 2 nitrogen and oxygen atoms in total. The van der Waals surface area contributed by atoms with Crippen LogP contribution in [0.25, 0.3) is 0 Å². The average molecular weight is 218 g/mol. The predicted octanol–water partition coefficient (Wildman–Crippen LogP) is 2.02. The van der Waals surface area contributed by atoms with Crippen LogP contribution < -0.4 is 0 Å². The van der Waals surface area contributed by atoms with E-state index >= 15 is 0 Å². The standard InChI is InChI=1S/C10H9F3O2/c11-8-2-10(13)9(12)1-6(8)3-14-4-7-5-15-7/h1-2,7H,3-5H2/t7-/m1/s1. The van der Waals surface area contributed by atoms with Gasteiger partial charge in [-0.3, -0.25) is 0 Å². The molecule has 1 atom stereocenters. The van der Waals surface area contributed by atoms with Crippen molar-refractivity contribution in [3.8, 4) is 0 Å². The Morgan fingerprint density at radius 2 is 1.87 bits per heavy atom. The van der Waals surface area contributed by atoms with Crippen LogP contribution in [0, 0.1) is 17.5 Å². The largest absolute Gasteiger partial charge is 0.374 e. The summed E-state index contributed by atoms with van der Waals surface area (Å²) in [5.41, 5.74) is 0.00884. The third-order valence-corrected chi connectivity index (χ3v) is 2.05. The zero-order valence-corrected chi connectivity index (χ0v) is 7.80. The summed E-state index contributed by atoms with van der Waals surface area (Å²) in [6.45, 7) is 0.904. The number of hydrogen-bond donors (Lipinski definition) is 0. The molecule has 5 heteroatoms. The molecule has 0 N–H and O–H groups in total. The van der Waals surface area contributed by atoms with Crippen molar-refractivity contribution in [2.24, 2.45) is 0 Å². The summed E-state index contributed by atoms with van der Waals surface area (Å²) < 4.78 is 48.3. The second kappa shape index (κ2) is 4.20. The number of halogens is 3. The molecular weight excluding hydrogens is 209 g/mol. The van der Waals surface area contributed by atoms with Crippen molar-refractivity contribution < 1.29 is 22.6 Å². The minimum atomic E-state index is -1.19. The topological polar surface area (TPSA) is 21.8 Å². The molecule has 2 rings (SSSR count). The van der Waals surface area contributed by atoms with Gasteiger partial charge in [0.05, 0.1) is 19.8 Å². The minimum Gasteiger partial charge on any atom is -0.374 e. The van der Waals surface area contributed by atoms with Crippen LogP contribution >= 0.6 is 0 Å². The van der Waals surface area contributed by atoms with Crippen molar-refractivity contribution in [2.45, 2.75) is 12.7 Å². The van der Waals surface area contributed by atoms with Gasteiger partial charge in [-0.2, -0.15) is 0 Å². The van der Waals surface area contributed by atoms with Crippen LogP contribution in [-0.2, 0) is 16.1 Å². The van der Waals surface area contributed by atoms with Crippen molar-refractivity contribution in [1.29, 1.82) is 0 Å². The van der Waals surface area contributed by atoms with Crippen LogP contribution in [0.2, 0.25) is 0 Å². The van der Waals surface area contributed by atoms with E-state index in [9.17, 15) is 13.2 Å². The Kier molecular flexibility index (Phi) is 2.93. The van der Waals surface area contributed by atoms with Gasteiger partial charge in [0.15, 0.2) is 11.6 Å². The van der Waals surface area contributed by atoms with E-state index in [1.54, 1.807) is 0 Å². The Morgan fingerprint density at radius 1 is 1.20 bits per heavy atom. The number of rotatable bonds is 4. The first-order chi connectivity index (χ1) is 7.16. The molecule has 15 heavy (non-hydrogen) atoms. The Hall–Kier alpha value is -1.07. The zero-order chi connectivity index (χ0) is 10.8. The van der Waals surface area contributed by atoms with Gasteiger partial charge >= 0.3 is 0 Å². The molecule has 0 saturated carbocycles. The lowest BCUT2D eigenvalue weighted by Gasteiger charge is -2.04. The molecule has 0 radical (unpaired) electrons. The van der Waals surface area contributed by atoms with Gasteiger partial charge in [0.25, 0.3) is 0 Å². The van der Waals surface area contributed by atoms with E-state index in [-0.39, 0.29) is 18.3 Å². The maximum absolute atomic E-state index is 13.1. The number of epoxide rings is 1. The predicted molar refractivity (Wildman–Crippen MR) is 45.7 cm³/mol. The van der Waals surface area contributed by atoms with Crippen molar-refractivity contribution >= 4 is 0 Å². The molecule has 1 fully saturated rings. The van der Waals surface area contributed by atoms with E-state index in [1.165, 1.54) is 0 Å². The molecule has 82 valence electrons. The highest BCUT2D eigenvalue weighted by atomic mass is 19.2. The van der Waals surface area contributed by atoms with Gasteiger partial charge in [0.1, 0.15) is 11.9 Å². The van der Waals surface area contributed by atoms with E-state index in [2.05, 4.69) is 0 Å². The third-order valence-electron chi connectivity index (χ3n) is 2.05. The number of ether oxygens (including phenoxy) is 2. The Morgan fingerprint density at radius 3 is 2.53 bits per heavy atom. The molecule has 1 aromatic rings. The van der Waals surface area contributed by atoms with Crippen LogP contribution in [0.3, 0.4) is 0 Å². The lowest BCUT2D eigenvalue weighted by Crippen LogP contribution is -2.04. The Labute approximate surface area is 84.6 Å². The van der Waals surface area contributed by atoms with Crippen molar-refractivity contribution in [2.75, 3.05) is 13.2 Å². The number of benzene rings is 1. The van der Waals surface area contributed by atoms with E-state index in [0.717, 1.165) is 6.07 Å². The van der Waals surface area contributed by atoms with Gasteiger partial charge in [-0.25, -0.2) is 13.2 Å². The smallest absolute Gasteiger partial charge is 0.161 e. The third kappa shape index (κ3) is 2.70. The fraction of sp³-hybridized carbons (Fsp3) is 0.400. The number of hydrogen-bond acceptors (Lipinski definition) is 2. The molecule has 0 spiro atoms. The van der Waals surface area contributed by atoms with Crippen molar-refractivity contribution in [3.63, 3.8) is 0 Å². The summed E-state index contributed by atoms with van der Waals surface area (Å²) in [7, 11) is 0.